The van der Waals surface area contributed by atoms with Gasteiger partial charge in [-0.1, -0.05) is 26.7 Å². The minimum absolute atomic E-state index is 0.223. The van der Waals surface area contributed by atoms with Crippen LogP contribution in [0, 0.1) is 11.8 Å². The van der Waals surface area contributed by atoms with Crippen LogP contribution in [0.1, 0.15) is 46.0 Å². The van der Waals surface area contributed by atoms with Gasteiger partial charge in [0.05, 0.1) is 0 Å². The molecule has 0 spiro atoms. The molecular weight excluding hydrogens is 228 g/mol. The number of amides is 2. The van der Waals surface area contributed by atoms with Crippen LogP contribution in [-0.4, -0.2) is 35.8 Å². The summed E-state index contributed by atoms with van der Waals surface area (Å²) in [4.78, 5) is 25.7. The van der Waals surface area contributed by atoms with Gasteiger partial charge in [-0.05, 0) is 31.1 Å². The molecule has 2 atom stereocenters. The summed E-state index contributed by atoms with van der Waals surface area (Å²) in [5, 5.41) is 2.88. The Bertz CT molecular complexity index is 314. The lowest BCUT2D eigenvalue weighted by molar-refractivity contribution is -0.147. The number of nitrogens with one attached hydrogen (secondary N) is 1. The molecule has 0 aromatic carbocycles. The quantitative estimate of drug-likeness (QED) is 0.720. The van der Waals surface area contributed by atoms with Crippen molar-refractivity contribution in [2.24, 2.45) is 11.8 Å². The monoisotopic (exact) mass is 252 g/mol. The third-order valence-electron chi connectivity index (χ3n) is 4.04. The molecular formula is C14H24N2O2. The van der Waals surface area contributed by atoms with Crippen LogP contribution in [0.4, 0.5) is 0 Å². The van der Waals surface area contributed by atoms with Gasteiger partial charge < -0.3 is 10.2 Å². The van der Waals surface area contributed by atoms with E-state index < -0.39 is 5.91 Å². The van der Waals surface area contributed by atoms with Crippen LogP contribution in [0.5, 0.6) is 0 Å². The molecule has 1 N–H and O–H groups in total. The summed E-state index contributed by atoms with van der Waals surface area (Å²) in [6, 6.07) is 0.223. The number of carbonyl (C=O) groups is 2. The molecule has 102 valence electrons. The summed E-state index contributed by atoms with van der Waals surface area (Å²) in [6.45, 7) is 5.73. The van der Waals surface area contributed by atoms with Crippen molar-refractivity contribution in [2.75, 3.05) is 13.1 Å². The highest BCUT2D eigenvalue weighted by molar-refractivity contribution is 6.35. The third-order valence-corrected chi connectivity index (χ3v) is 4.04. The van der Waals surface area contributed by atoms with Gasteiger partial charge in [0.15, 0.2) is 0 Å². The maximum atomic E-state index is 12.1. The molecule has 4 heteroatoms. The standard InChI is InChI=1S/C14H24N2O2/c1-10-7-11(2)9-16(8-10)14(18)13(17)15-12-5-3-4-6-12/h10-12H,3-9H2,1-2H3,(H,15,17). The minimum atomic E-state index is -0.400. The van der Waals surface area contributed by atoms with E-state index in [-0.39, 0.29) is 11.9 Å². The number of hydrogen-bond donors (Lipinski definition) is 1. The maximum absolute atomic E-state index is 12.1. The van der Waals surface area contributed by atoms with Gasteiger partial charge in [-0.15, -0.1) is 0 Å². The van der Waals surface area contributed by atoms with Crippen molar-refractivity contribution in [2.45, 2.75) is 52.0 Å². The van der Waals surface area contributed by atoms with Gasteiger partial charge in [0.2, 0.25) is 0 Å². The lowest BCUT2D eigenvalue weighted by atomic mass is 9.92. The first kappa shape index (κ1) is 13.4. The molecule has 0 bridgehead atoms. The van der Waals surface area contributed by atoms with Crippen molar-refractivity contribution < 1.29 is 9.59 Å². The van der Waals surface area contributed by atoms with E-state index in [1.807, 2.05) is 0 Å². The molecule has 0 aromatic rings. The molecule has 0 aromatic heterocycles. The summed E-state index contributed by atoms with van der Waals surface area (Å²) >= 11 is 0. The fourth-order valence-electron chi connectivity index (χ4n) is 3.29. The van der Waals surface area contributed by atoms with Crippen molar-refractivity contribution in [3.05, 3.63) is 0 Å². The predicted octanol–water partition coefficient (Wildman–Crippen LogP) is 1.55. The summed E-state index contributed by atoms with van der Waals surface area (Å²) in [5.74, 6) is 0.262. The fraction of sp³-hybridized carbons (Fsp3) is 0.857. The number of piperidine rings is 1. The van der Waals surface area contributed by atoms with Gasteiger partial charge in [-0.2, -0.15) is 0 Å². The maximum Gasteiger partial charge on any atom is 0.311 e. The summed E-state index contributed by atoms with van der Waals surface area (Å²) in [7, 11) is 0. The van der Waals surface area contributed by atoms with Gasteiger partial charge in [0.1, 0.15) is 0 Å². The molecule has 4 nitrogen and oxygen atoms in total. The van der Waals surface area contributed by atoms with Crippen molar-refractivity contribution in [3.8, 4) is 0 Å². The highest BCUT2D eigenvalue weighted by atomic mass is 16.2. The fourth-order valence-corrected chi connectivity index (χ4v) is 3.29. The Morgan fingerprint density at radius 3 is 2.17 bits per heavy atom. The first-order valence-electron chi connectivity index (χ1n) is 7.16. The number of rotatable bonds is 1. The Labute approximate surface area is 109 Å². The molecule has 1 aliphatic heterocycles. The summed E-state index contributed by atoms with van der Waals surface area (Å²) in [6.07, 6.45) is 5.51. The minimum Gasteiger partial charge on any atom is -0.345 e. The number of hydrogen-bond acceptors (Lipinski definition) is 2. The van der Waals surface area contributed by atoms with Crippen LogP contribution in [0.3, 0.4) is 0 Å². The van der Waals surface area contributed by atoms with Crippen molar-refractivity contribution in [1.29, 1.82) is 0 Å². The first-order valence-corrected chi connectivity index (χ1v) is 7.16. The molecule has 0 radical (unpaired) electrons. The molecule has 2 aliphatic rings. The molecule has 2 rings (SSSR count). The lowest BCUT2D eigenvalue weighted by Gasteiger charge is -2.34. The van der Waals surface area contributed by atoms with Gasteiger partial charge in [-0.3, -0.25) is 9.59 Å². The lowest BCUT2D eigenvalue weighted by Crippen LogP contribution is -2.50. The van der Waals surface area contributed by atoms with Gasteiger partial charge in [0.25, 0.3) is 0 Å². The summed E-state index contributed by atoms with van der Waals surface area (Å²) in [5.41, 5.74) is 0. The van der Waals surface area contributed by atoms with Crippen LogP contribution < -0.4 is 5.32 Å². The average molecular weight is 252 g/mol. The highest BCUT2D eigenvalue weighted by Crippen LogP contribution is 2.21. The SMILES string of the molecule is CC1CC(C)CN(C(=O)C(=O)NC2CCCC2)C1. The van der Waals surface area contributed by atoms with E-state index in [2.05, 4.69) is 19.2 Å². The van der Waals surface area contributed by atoms with Crippen LogP contribution in [0.25, 0.3) is 0 Å². The van der Waals surface area contributed by atoms with Crippen LogP contribution in [0.2, 0.25) is 0 Å². The predicted molar refractivity (Wildman–Crippen MR) is 69.9 cm³/mol. The molecule has 18 heavy (non-hydrogen) atoms. The molecule has 1 aliphatic carbocycles. The Balaban J connectivity index is 1.87. The number of carbonyl (C=O) groups excluding carboxylic acids is 2. The van der Waals surface area contributed by atoms with Gasteiger partial charge in [-0.25, -0.2) is 0 Å². The van der Waals surface area contributed by atoms with Crippen molar-refractivity contribution in [3.63, 3.8) is 0 Å². The molecule has 2 unspecified atom stereocenters. The summed E-state index contributed by atoms with van der Waals surface area (Å²) < 4.78 is 0. The molecule has 1 saturated carbocycles. The van der Waals surface area contributed by atoms with Crippen molar-refractivity contribution in [1.82, 2.24) is 10.2 Å². The zero-order valence-corrected chi connectivity index (χ0v) is 11.4. The molecule has 2 amide bonds. The van der Waals surface area contributed by atoms with E-state index >= 15 is 0 Å². The van der Waals surface area contributed by atoms with E-state index in [9.17, 15) is 9.59 Å². The van der Waals surface area contributed by atoms with E-state index in [0.717, 1.165) is 45.2 Å². The number of likely N-dealkylation sites (tertiary alicyclic amines) is 1. The number of nitrogens with zero attached hydrogens (tertiary/aromatic N) is 1. The Morgan fingerprint density at radius 1 is 1.06 bits per heavy atom. The molecule has 1 heterocycles. The zero-order chi connectivity index (χ0) is 13.1. The van der Waals surface area contributed by atoms with E-state index in [1.165, 1.54) is 0 Å². The third kappa shape index (κ3) is 3.24. The Morgan fingerprint density at radius 2 is 1.61 bits per heavy atom. The Kier molecular flexibility index (Phi) is 4.25. The van der Waals surface area contributed by atoms with Gasteiger partial charge >= 0.3 is 11.8 Å². The van der Waals surface area contributed by atoms with Crippen LogP contribution in [-0.2, 0) is 9.59 Å². The largest absolute Gasteiger partial charge is 0.345 e. The molecule has 1 saturated heterocycles. The average Bonchev–Trinajstić information content (AvgIpc) is 2.79. The van der Waals surface area contributed by atoms with Crippen LogP contribution >= 0.6 is 0 Å². The van der Waals surface area contributed by atoms with Gasteiger partial charge in [0, 0.05) is 19.1 Å². The second-order valence-corrected chi connectivity index (χ2v) is 6.11. The first-order chi connectivity index (χ1) is 8.56. The van der Waals surface area contributed by atoms with E-state index in [1.54, 1.807) is 4.90 Å². The smallest absolute Gasteiger partial charge is 0.311 e. The Hall–Kier alpha value is -1.06. The highest BCUT2D eigenvalue weighted by Gasteiger charge is 2.30. The topological polar surface area (TPSA) is 49.4 Å². The second kappa shape index (κ2) is 5.72. The normalized spacial score (nSPS) is 29.3. The van der Waals surface area contributed by atoms with E-state index in [4.69, 9.17) is 0 Å². The second-order valence-electron chi connectivity index (χ2n) is 6.11. The zero-order valence-electron chi connectivity index (χ0n) is 11.4. The van der Waals surface area contributed by atoms with Crippen LogP contribution in [0.15, 0.2) is 0 Å². The van der Waals surface area contributed by atoms with Crippen molar-refractivity contribution >= 4 is 11.8 Å². The van der Waals surface area contributed by atoms with E-state index in [0.29, 0.717) is 11.8 Å². The molecule has 2 fully saturated rings.